The smallest absolute Gasteiger partial charge is 0.251 e. The van der Waals surface area contributed by atoms with Crippen molar-refractivity contribution in [3.05, 3.63) is 47.0 Å². The summed E-state index contributed by atoms with van der Waals surface area (Å²) >= 11 is 6.10. The molecule has 0 radical (unpaired) electrons. The number of carbonyl (C=O) groups is 2. The van der Waals surface area contributed by atoms with Crippen LogP contribution in [0.2, 0.25) is 5.02 Å². The van der Waals surface area contributed by atoms with Crippen molar-refractivity contribution >= 4 is 34.2 Å². The first kappa shape index (κ1) is 28.8. The molecular weight excluding hydrogens is 496 g/mol. The number of carbonyl (C=O) groups excluding carboxylic acids is 2. The molecule has 0 spiro atoms. The average molecular weight is 541 g/mol. The van der Waals surface area contributed by atoms with Gasteiger partial charge in [-0.2, -0.15) is 0 Å². The molecule has 2 aliphatic heterocycles. The van der Waals surface area contributed by atoms with Gasteiger partial charge in [-0.05, 0) is 85.6 Å². The Bertz CT molecular complexity index is 1080. The van der Waals surface area contributed by atoms with Crippen molar-refractivity contribution < 1.29 is 9.59 Å². The van der Waals surface area contributed by atoms with Crippen LogP contribution in [0, 0.1) is 11.8 Å². The highest BCUT2D eigenvalue weighted by molar-refractivity contribution is 6.31. The molecule has 6 nitrogen and oxygen atoms in total. The Balaban J connectivity index is 1.41. The van der Waals surface area contributed by atoms with Crippen molar-refractivity contribution in [1.82, 2.24) is 20.4 Å². The molecule has 7 heteroatoms. The number of halogens is 1. The van der Waals surface area contributed by atoms with Crippen LogP contribution in [0.25, 0.3) is 10.8 Å². The molecule has 0 saturated carbocycles. The van der Waals surface area contributed by atoms with E-state index < -0.39 is 0 Å². The second-order valence-electron chi connectivity index (χ2n) is 11.5. The fourth-order valence-electron chi connectivity index (χ4n) is 5.90. The first-order valence-corrected chi connectivity index (χ1v) is 15.0. The van der Waals surface area contributed by atoms with Crippen LogP contribution in [0.5, 0.6) is 0 Å². The van der Waals surface area contributed by atoms with Crippen LogP contribution in [0.4, 0.5) is 0 Å². The fraction of sp³-hybridized carbons (Fsp3) is 0.613. The lowest BCUT2D eigenvalue weighted by atomic mass is 9.92. The minimum Gasteiger partial charge on any atom is -0.350 e. The summed E-state index contributed by atoms with van der Waals surface area (Å²) in [7, 11) is 0. The van der Waals surface area contributed by atoms with Crippen LogP contribution in [-0.4, -0.2) is 73.0 Å². The van der Waals surface area contributed by atoms with Gasteiger partial charge in [0.2, 0.25) is 5.91 Å². The molecule has 38 heavy (non-hydrogen) atoms. The minimum atomic E-state index is -0.212. The second kappa shape index (κ2) is 13.8. The summed E-state index contributed by atoms with van der Waals surface area (Å²) in [6.07, 6.45) is 6.53. The molecule has 2 amide bonds. The highest BCUT2D eigenvalue weighted by atomic mass is 35.5. The Labute approximate surface area is 233 Å². The predicted octanol–water partition coefficient (Wildman–Crippen LogP) is 5.34. The van der Waals surface area contributed by atoms with Gasteiger partial charge in [0.1, 0.15) is 0 Å². The second-order valence-corrected chi connectivity index (χ2v) is 11.9. The van der Waals surface area contributed by atoms with E-state index in [1.54, 1.807) is 0 Å². The van der Waals surface area contributed by atoms with Crippen LogP contribution in [0.1, 0.15) is 69.7 Å². The zero-order valence-corrected chi connectivity index (χ0v) is 24.1. The molecule has 4 rings (SSSR count). The van der Waals surface area contributed by atoms with Gasteiger partial charge in [-0.15, -0.1) is 0 Å². The predicted molar refractivity (Wildman–Crippen MR) is 157 cm³/mol. The maximum Gasteiger partial charge on any atom is 0.251 e. The zero-order valence-electron chi connectivity index (χ0n) is 23.3. The number of amides is 2. The topological polar surface area (TPSA) is 64.7 Å². The third-order valence-corrected chi connectivity index (χ3v) is 8.71. The highest BCUT2D eigenvalue weighted by Crippen LogP contribution is 2.22. The van der Waals surface area contributed by atoms with E-state index in [0.717, 1.165) is 62.8 Å². The summed E-state index contributed by atoms with van der Waals surface area (Å²) in [4.78, 5) is 31.3. The molecule has 2 aromatic carbocycles. The fourth-order valence-corrected chi connectivity index (χ4v) is 6.08. The van der Waals surface area contributed by atoms with Crippen molar-refractivity contribution in [1.29, 1.82) is 0 Å². The molecule has 2 heterocycles. The first-order valence-electron chi connectivity index (χ1n) is 14.6. The Hall–Kier alpha value is -2.15. The molecule has 3 unspecified atom stereocenters. The van der Waals surface area contributed by atoms with Gasteiger partial charge in [0.25, 0.3) is 5.91 Å². The summed E-state index contributed by atoms with van der Waals surface area (Å²) in [6.45, 7) is 12.0. The number of likely N-dealkylation sites (tertiary alicyclic amines) is 1. The van der Waals surface area contributed by atoms with Crippen LogP contribution in [0.15, 0.2) is 36.4 Å². The van der Waals surface area contributed by atoms with Gasteiger partial charge in [-0.3, -0.25) is 9.59 Å². The lowest BCUT2D eigenvalue weighted by molar-refractivity contribution is -0.133. The van der Waals surface area contributed by atoms with Gasteiger partial charge in [-0.25, -0.2) is 0 Å². The Morgan fingerprint density at radius 3 is 2.55 bits per heavy atom. The van der Waals surface area contributed by atoms with E-state index in [1.165, 1.54) is 19.3 Å². The van der Waals surface area contributed by atoms with E-state index in [-0.39, 0.29) is 23.9 Å². The normalized spacial score (nSPS) is 22.0. The van der Waals surface area contributed by atoms with Gasteiger partial charge < -0.3 is 20.4 Å². The molecule has 0 aromatic heterocycles. The Morgan fingerprint density at radius 1 is 1.08 bits per heavy atom. The van der Waals surface area contributed by atoms with Crippen LogP contribution < -0.4 is 10.6 Å². The summed E-state index contributed by atoms with van der Waals surface area (Å²) in [5, 5.41) is 9.47. The number of nitrogens with zero attached hydrogens (tertiary/aromatic N) is 2. The average Bonchev–Trinajstić information content (AvgIpc) is 3.07. The third kappa shape index (κ3) is 7.71. The van der Waals surface area contributed by atoms with Crippen LogP contribution in [-0.2, 0) is 4.79 Å². The van der Waals surface area contributed by atoms with E-state index in [4.69, 9.17) is 11.6 Å². The molecule has 0 aliphatic carbocycles. The van der Waals surface area contributed by atoms with Gasteiger partial charge >= 0.3 is 0 Å². The van der Waals surface area contributed by atoms with Crippen LogP contribution in [0.3, 0.4) is 0 Å². The summed E-state index contributed by atoms with van der Waals surface area (Å²) < 4.78 is 0. The lowest BCUT2D eigenvalue weighted by Gasteiger charge is -2.31. The van der Waals surface area contributed by atoms with Crippen molar-refractivity contribution in [3.8, 4) is 0 Å². The molecule has 208 valence electrons. The summed E-state index contributed by atoms with van der Waals surface area (Å²) in [5.74, 6) is 1.18. The molecule has 2 saturated heterocycles. The lowest BCUT2D eigenvalue weighted by Crippen LogP contribution is -2.50. The molecule has 0 bridgehead atoms. The largest absolute Gasteiger partial charge is 0.350 e. The van der Waals surface area contributed by atoms with E-state index in [1.807, 2.05) is 36.4 Å². The zero-order chi connectivity index (χ0) is 27.1. The maximum atomic E-state index is 13.7. The number of nitrogens with one attached hydrogen (secondary N) is 2. The third-order valence-electron chi connectivity index (χ3n) is 8.47. The molecule has 2 fully saturated rings. The number of rotatable bonds is 10. The minimum absolute atomic E-state index is 0.0534. The van der Waals surface area contributed by atoms with Gasteiger partial charge in [-0.1, -0.05) is 57.3 Å². The van der Waals surface area contributed by atoms with Crippen molar-refractivity contribution in [2.24, 2.45) is 11.8 Å². The quantitative estimate of drug-likeness (QED) is 0.427. The maximum absolute atomic E-state index is 13.7. The summed E-state index contributed by atoms with van der Waals surface area (Å²) in [5.41, 5.74) is 0.635. The Kier molecular flexibility index (Phi) is 10.5. The first-order chi connectivity index (χ1) is 18.3. The standard InChI is InChI=1S/C31H45ClN4O2/c1-4-23(22(2)3)21-36-17-12-28(34-29(31(36)38)13-16-35-14-6-5-7-15-35)20-33-30(37)26-9-8-25-19-27(32)11-10-24(25)18-26/h8-11,18-19,22-23,28-29,34H,4-7,12-17,20-21H2,1-3H3,(H,33,37). The molecule has 2 aromatic rings. The van der Waals surface area contributed by atoms with Crippen molar-refractivity contribution in [2.75, 3.05) is 39.3 Å². The van der Waals surface area contributed by atoms with Gasteiger partial charge in [0, 0.05) is 42.8 Å². The van der Waals surface area contributed by atoms with Crippen molar-refractivity contribution in [2.45, 2.75) is 71.4 Å². The molecule has 3 atom stereocenters. The van der Waals surface area contributed by atoms with E-state index in [0.29, 0.717) is 29.0 Å². The number of piperidine rings is 1. The molecule has 2 aliphatic rings. The van der Waals surface area contributed by atoms with E-state index in [9.17, 15) is 9.59 Å². The van der Waals surface area contributed by atoms with Gasteiger partial charge in [0.15, 0.2) is 0 Å². The monoisotopic (exact) mass is 540 g/mol. The van der Waals surface area contributed by atoms with Gasteiger partial charge in [0.05, 0.1) is 6.04 Å². The van der Waals surface area contributed by atoms with Crippen molar-refractivity contribution in [3.63, 3.8) is 0 Å². The number of hydrogen-bond acceptors (Lipinski definition) is 4. The van der Waals surface area contributed by atoms with E-state index >= 15 is 0 Å². The van der Waals surface area contributed by atoms with E-state index in [2.05, 4.69) is 41.2 Å². The Morgan fingerprint density at radius 2 is 1.82 bits per heavy atom. The highest BCUT2D eigenvalue weighted by Gasteiger charge is 2.32. The summed E-state index contributed by atoms with van der Waals surface area (Å²) in [6, 6.07) is 11.2. The van der Waals surface area contributed by atoms with Crippen LogP contribution >= 0.6 is 11.6 Å². The molecular formula is C31H45ClN4O2. The molecule has 2 N–H and O–H groups in total. The number of benzene rings is 2. The number of hydrogen-bond donors (Lipinski definition) is 2. The number of fused-ring (bicyclic) bond motifs is 1. The SMILES string of the molecule is CCC(CN1CCC(CNC(=O)c2ccc3cc(Cl)ccc3c2)NC(CCN2CCCCC2)C1=O)C(C)C.